The second kappa shape index (κ2) is 3.72. The zero-order chi connectivity index (χ0) is 9.19. The van der Waals surface area contributed by atoms with Crippen molar-refractivity contribution in [1.82, 2.24) is 10.4 Å². The molecule has 1 aliphatic rings. The van der Waals surface area contributed by atoms with Crippen molar-refractivity contribution in [2.24, 2.45) is 0 Å². The molecule has 1 fully saturated rings. The molecule has 1 heterocycles. The molecule has 0 amide bonds. The molecule has 0 aromatic heterocycles. The summed E-state index contributed by atoms with van der Waals surface area (Å²) in [5, 5.41) is 1.98. The van der Waals surface area contributed by atoms with E-state index in [1.807, 2.05) is 18.9 Å². The maximum atomic E-state index is 11.0. The molecular weight excluding hydrogens is 176 g/mol. The molecule has 4 nitrogen and oxygen atoms in total. The Bertz CT molecular complexity index is 222. The van der Waals surface area contributed by atoms with Gasteiger partial charge in [-0.2, -0.15) is 0 Å². The molecule has 72 valence electrons. The van der Waals surface area contributed by atoms with Crippen molar-refractivity contribution >= 4 is 9.84 Å². The number of hydrazine groups is 1. The summed E-state index contributed by atoms with van der Waals surface area (Å²) in [6, 6.07) is 0.380. The third-order valence-electron chi connectivity index (χ3n) is 1.79. The Morgan fingerprint density at radius 1 is 1.25 bits per heavy atom. The fraction of sp³-hybridized carbons (Fsp3) is 1.00. The number of nitrogens with zero attached hydrogens (tertiary/aromatic N) is 1. The summed E-state index contributed by atoms with van der Waals surface area (Å²) in [4.78, 5) is 0. The van der Waals surface area contributed by atoms with Gasteiger partial charge < -0.3 is 0 Å². The van der Waals surface area contributed by atoms with E-state index in [9.17, 15) is 8.42 Å². The van der Waals surface area contributed by atoms with Crippen molar-refractivity contribution in [3.63, 3.8) is 0 Å². The molecule has 0 atom stereocenters. The summed E-state index contributed by atoms with van der Waals surface area (Å²) in [7, 11) is -2.73. The van der Waals surface area contributed by atoms with Gasteiger partial charge in [-0.15, -0.1) is 0 Å². The molecule has 1 N–H and O–H groups in total. The zero-order valence-corrected chi connectivity index (χ0v) is 8.39. The lowest BCUT2D eigenvalue weighted by Crippen LogP contribution is -2.50. The SMILES string of the molecule is CC(C)NN1CCS(=O)(=O)CC1. The molecular formula is C7H16N2O2S. The molecule has 0 aromatic rings. The van der Waals surface area contributed by atoms with E-state index >= 15 is 0 Å². The van der Waals surface area contributed by atoms with Gasteiger partial charge in [0.05, 0.1) is 11.5 Å². The quantitative estimate of drug-likeness (QED) is 0.648. The zero-order valence-electron chi connectivity index (χ0n) is 7.58. The lowest BCUT2D eigenvalue weighted by Gasteiger charge is -2.28. The molecule has 1 rings (SSSR count). The second-order valence-electron chi connectivity index (χ2n) is 3.42. The first-order valence-corrected chi connectivity index (χ1v) is 6.03. The predicted octanol–water partition coefficient (Wildman–Crippen LogP) is -0.370. The minimum absolute atomic E-state index is 0.284. The fourth-order valence-corrected chi connectivity index (χ4v) is 2.41. The van der Waals surface area contributed by atoms with Gasteiger partial charge in [0.2, 0.25) is 0 Å². The summed E-state index contributed by atoms with van der Waals surface area (Å²) in [6.45, 7) is 5.31. The van der Waals surface area contributed by atoms with Crippen LogP contribution in [0.25, 0.3) is 0 Å². The molecule has 0 unspecified atom stereocenters. The summed E-state index contributed by atoms with van der Waals surface area (Å²) in [5.41, 5.74) is 3.19. The minimum Gasteiger partial charge on any atom is -0.253 e. The van der Waals surface area contributed by atoms with Gasteiger partial charge in [0, 0.05) is 19.1 Å². The van der Waals surface area contributed by atoms with Crippen LogP contribution in [0, 0.1) is 0 Å². The topological polar surface area (TPSA) is 49.4 Å². The van der Waals surface area contributed by atoms with Crippen LogP contribution in [-0.4, -0.2) is 44.1 Å². The van der Waals surface area contributed by atoms with Crippen LogP contribution in [0.15, 0.2) is 0 Å². The highest BCUT2D eigenvalue weighted by atomic mass is 32.2. The van der Waals surface area contributed by atoms with Crippen LogP contribution < -0.4 is 5.43 Å². The van der Waals surface area contributed by atoms with Crippen molar-refractivity contribution < 1.29 is 8.42 Å². The third kappa shape index (κ3) is 3.08. The lowest BCUT2D eigenvalue weighted by molar-refractivity contribution is 0.182. The molecule has 0 aliphatic carbocycles. The van der Waals surface area contributed by atoms with Gasteiger partial charge in [0.1, 0.15) is 0 Å². The van der Waals surface area contributed by atoms with Gasteiger partial charge >= 0.3 is 0 Å². The molecule has 1 aliphatic heterocycles. The lowest BCUT2D eigenvalue weighted by atomic mass is 10.4. The van der Waals surface area contributed by atoms with Gasteiger partial charge in [-0.1, -0.05) is 0 Å². The molecule has 0 radical (unpaired) electrons. The first-order valence-electron chi connectivity index (χ1n) is 4.21. The van der Waals surface area contributed by atoms with Crippen molar-refractivity contribution in [2.75, 3.05) is 24.6 Å². The van der Waals surface area contributed by atoms with Crippen LogP contribution in [0.3, 0.4) is 0 Å². The number of sulfone groups is 1. The van der Waals surface area contributed by atoms with Crippen molar-refractivity contribution in [1.29, 1.82) is 0 Å². The van der Waals surface area contributed by atoms with Crippen molar-refractivity contribution in [3.8, 4) is 0 Å². The monoisotopic (exact) mass is 192 g/mol. The molecule has 5 heteroatoms. The van der Waals surface area contributed by atoms with Gasteiger partial charge in [-0.3, -0.25) is 5.43 Å². The Labute approximate surface area is 73.8 Å². The largest absolute Gasteiger partial charge is 0.253 e. The van der Waals surface area contributed by atoms with E-state index < -0.39 is 9.84 Å². The molecule has 0 saturated carbocycles. The average Bonchev–Trinajstić information content (AvgIpc) is 1.93. The van der Waals surface area contributed by atoms with E-state index in [0.29, 0.717) is 19.1 Å². The Hall–Kier alpha value is -0.130. The van der Waals surface area contributed by atoms with E-state index in [-0.39, 0.29) is 11.5 Å². The summed E-state index contributed by atoms with van der Waals surface area (Å²) < 4.78 is 22.1. The predicted molar refractivity (Wildman–Crippen MR) is 48.5 cm³/mol. The van der Waals surface area contributed by atoms with Crippen molar-refractivity contribution in [2.45, 2.75) is 19.9 Å². The summed E-state index contributed by atoms with van der Waals surface area (Å²) >= 11 is 0. The average molecular weight is 192 g/mol. The van der Waals surface area contributed by atoms with E-state index in [0.717, 1.165) is 0 Å². The third-order valence-corrected chi connectivity index (χ3v) is 3.39. The van der Waals surface area contributed by atoms with E-state index in [1.165, 1.54) is 0 Å². The van der Waals surface area contributed by atoms with Gasteiger partial charge in [0.15, 0.2) is 9.84 Å². The van der Waals surface area contributed by atoms with Crippen LogP contribution in [0.1, 0.15) is 13.8 Å². The highest BCUT2D eigenvalue weighted by Crippen LogP contribution is 2.01. The van der Waals surface area contributed by atoms with Gasteiger partial charge in [-0.25, -0.2) is 13.4 Å². The number of rotatable bonds is 2. The molecule has 1 saturated heterocycles. The van der Waals surface area contributed by atoms with E-state index in [4.69, 9.17) is 0 Å². The molecule has 0 spiro atoms. The van der Waals surface area contributed by atoms with Crippen LogP contribution >= 0.6 is 0 Å². The Morgan fingerprint density at radius 2 is 1.75 bits per heavy atom. The van der Waals surface area contributed by atoms with Crippen LogP contribution in [-0.2, 0) is 9.84 Å². The number of nitrogens with one attached hydrogen (secondary N) is 1. The van der Waals surface area contributed by atoms with Gasteiger partial charge in [0.25, 0.3) is 0 Å². The molecule has 12 heavy (non-hydrogen) atoms. The first kappa shape index (κ1) is 9.95. The van der Waals surface area contributed by atoms with Crippen LogP contribution in [0.4, 0.5) is 0 Å². The summed E-state index contributed by atoms with van der Waals surface area (Å²) in [6.07, 6.45) is 0. The number of hydrogen-bond donors (Lipinski definition) is 1. The van der Waals surface area contributed by atoms with Crippen molar-refractivity contribution in [3.05, 3.63) is 0 Å². The maximum absolute atomic E-state index is 11.0. The Kier molecular flexibility index (Phi) is 3.09. The molecule has 0 aromatic carbocycles. The Balaban J connectivity index is 2.36. The highest BCUT2D eigenvalue weighted by Gasteiger charge is 2.21. The fourth-order valence-electron chi connectivity index (χ4n) is 1.21. The van der Waals surface area contributed by atoms with E-state index in [2.05, 4.69) is 5.43 Å². The smallest absolute Gasteiger partial charge is 0.152 e. The first-order chi connectivity index (χ1) is 5.49. The van der Waals surface area contributed by atoms with E-state index in [1.54, 1.807) is 0 Å². The molecule has 0 bridgehead atoms. The standard InChI is InChI=1S/C7H16N2O2S/c1-7(2)8-9-3-5-12(10,11)6-4-9/h7-8H,3-6H2,1-2H3. The number of hydrogen-bond acceptors (Lipinski definition) is 4. The normalized spacial score (nSPS) is 24.6. The Morgan fingerprint density at radius 3 is 2.17 bits per heavy atom. The second-order valence-corrected chi connectivity index (χ2v) is 5.73. The summed E-state index contributed by atoms with van der Waals surface area (Å²) in [5.74, 6) is 0.569. The maximum Gasteiger partial charge on any atom is 0.152 e. The highest BCUT2D eigenvalue weighted by molar-refractivity contribution is 7.91. The minimum atomic E-state index is -2.73. The van der Waals surface area contributed by atoms with Gasteiger partial charge in [-0.05, 0) is 13.8 Å². The van der Waals surface area contributed by atoms with Crippen LogP contribution in [0.2, 0.25) is 0 Å². The van der Waals surface area contributed by atoms with Crippen LogP contribution in [0.5, 0.6) is 0 Å².